The molecule has 0 saturated carbocycles. The third-order valence-corrected chi connectivity index (χ3v) is 4.30. The molecule has 112 valence electrons. The monoisotopic (exact) mass is 369 g/mol. The van der Waals surface area contributed by atoms with E-state index >= 15 is 0 Å². The Kier molecular flexibility index (Phi) is 5.91. The van der Waals surface area contributed by atoms with Gasteiger partial charge < -0.3 is 14.8 Å². The molecule has 0 unspecified atom stereocenters. The minimum Gasteiger partial charge on any atom is -0.493 e. The van der Waals surface area contributed by atoms with Crippen LogP contribution >= 0.6 is 27.5 Å². The summed E-state index contributed by atoms with van der Waals surface area (Å²) in [6.45, 7) is 1.52. The Labute approximate surface area is 138 Å². The van der Waals surface area contributed by atoms with Crippen LogP contribution in [0.25, 0.3) is 0 Å². The van der Waals surface area contributed by atoms with Crippen molar-refractivity contribution in [1.82, 2.24) is 5.32 Å². The third-order valence-electron chi connectivity index (χ3n) is 3.09. The highest BCUT2D eigenvalue weighted by Crippen LogP contribution is 2.27. The topological polar surface area (TPSA) is 30.5 Å². The van der Waals surface area contributed by atoms with Crippen molar-refractivity contribution in [2.24, 2.45) is 0 Å². The van der Waals surface area contributed by atoms with Gasteiger partial charge in [-0.05, 0) is 51.3 Å². The molecule has 0 heterocycles. The van der Waals surface area contributed by atoms with Crippen molar-refractivity contribution in [3.8, 4) is 11.5 Å². The molecule has 0 atom stereocenters. The summed E-state index contributed by atoms with van der Waals surface area (Å²) in [4.78, 5) is 0. The predicted octanol–water partition coefficient (Wildman–Crippen LogP) is 4.41. The first-order chi connectivity index (χ1) is 10.1. The molecular weight excluding hydrogens is 354 g/mol. The van der Waals surface area contributed by atoms with Gasteiger partial charge in [0.2, 0.25) is 0 Å². The molecule has 0 spiro atoms. The van der Waals surface area contributed by atoms with Crippen LogP contribution in [0.3, 0.4) is 0 Å². The minimum atomic E-state index is 0.721. The van der Waals surface area contributed by atoms with Gasteiger partial charge in [0, 0.05) is 17.6 Å². The van der Waals surface area contributed by atoms with Gasteiger partial charge >= 0.3 is 0 Å². The number of hydrogen-bond acceptors (Lipinski definition) is 3. The molecule has 2 aromatic rings. The number of ether oxygens (including phenoxy) is 2. The summed E-state index contributed by atoms with van der Waals surface area (Å²) < 4.78 is 11.4. The van der Waals surface area contributed by atoms with Gasteiger partial charge in [0.05, 0.1) is 19.2 Å². The van der Waals surface area contributed by atoms with Crippen LogP contribution < -0.4 is 14.8 Å². The second-order valence-electron chi connectivity index (χ2n) is 4.54. The number of halogens is 2. The fraction of sp³-hybridized carbons (Fsp3) is 0.250. The van der Waals surface area contributed by atoms with Gasteiger partial charge in [-0.15, -0.1) is 0 Å². The first-order valence-corrected chi connectivity index (χ1v) is 7.66. The number of nitrogens with one attached hydrogen (secondary N) is 1. The third kappa shape index (κ3) is 4.37. The van der Waals surface area contributed by atoms with E-state index in [1.807, 2.05) is 36.4 Å². The first-order valence-electron chi connectivity index (χ1n) is 6.49. The van der Waals surface area contributed by atoms with Crippen LogP contribution in [-0.4, -0.2) is 14.2 Å². The second-order valence-corrected chi connectivity index (χ2v) is 5.80. The summed E-state index contributed by atoms with van der Waals surface area (Å²) in [6, 6.07) is 11.8. The molecule has 0 amide bonds. The average Bonchev–Trinajstić information content (AvgIpc) is 2.50. The number of methoxy groups -OCH3 is 2. The van der Waals surface area contributed by atoms with Crippen LogP contribution in [0.4, 0.5) is 0 Å². The number of hydrogen-bond donors (Lipinski definition) is 1. The molecule has 0 aromatic heterocycles. The van der Waals surface area contributed by atoms with Crippen LogP contribution in [0.2, 0.25) is 5.02 Å². The number of benzene rings is 2. The van der Waals surface area contributed by atoms with Gasteiger partial charge in [-0.2, -0.15) is 0 Å². The summed E-state index contributed by atoms with van der Waals surface area (Å²) in [6.07, 6.45) is 0. The Morgan fingerprint density at radius 1 is 0.952 bits per heavy atom. The summed E-state index contributed by atoms with van der Waals surface area (Å²) >= 11 is 9.41. The van der Waals surface area contributed by atoms with Crippen molar-refractivity contribution in [3.05, 3.63) is 57.0 Å². The fourth-order valence-electron chi connectivity index (χ4n) is 1.99. The van der Waals surface area contributed by atoms with Gasteiger partial charge in [-0.3, -0.25) is 0 Å². The van der Waals surface area contributed by atoms with Gasteiger partial charge in [-0.25, -0.2) is 0 Å². The second kappa shape index (κ2) is 7.69. The molecule has 21 heavy (non-hydrogen) atoms. The normalized spacial score (nSPS) is 10.5. The van der Waals surface area contributed by atoms with Crippen LogP contribution in [-0.2, 0) is 13.1 Å². The highest BCUT2D eigenvalue weighted by molar-refractivity contribution is 9.10. The van der Waals surface area contributed by atoms with Crippen molar-refractivity contribution in [1.29, 1.82) is 0 Å². The standard InChI is InChI=1S/C16H17BrClNO2/c1-20-15-6-4-12(8-16(15)21-2)10-19-9-11-3-5-14(18)13(17)7-11/h3-8,19H,9-10H2,1-2H3. The van der Waals surface area contributed by atoms with E-state index in [1.54, 1.807) is 14.2 Å². The molecule has 2 rings (SSSR count). The van der Waals surface area contributed by atoms with E-state index in [4.69, 9.17) is 21.1 Å². The molecule has 0 aliphatic heterocycles. The van der Waals surface area contributed by atoms with Crippen LogP contribution in [0.5, 0.6) is 11.5 Å². The van der Waals surface area contributed by atoms with Crippen LogP contribution in [0.1, 0.15) is 11.1 Å². The molecule has 1 N–H and O–H groups in total. The summed E-state index contributed by atoms with van der Waals surface area (Å²) in [5, 5.41) is 4.11. The Balaban J connectivity index is 1.95. The molecule has 0 saturated heterocycles. The molecule has 0 aliphatic rings. The van der Waals surface area contributed by atoms with E-state index in [1.165, 1.54) is 5.56 Å². The molecule has 3 nitrogen and oxygen atoms in total. The van der Waals surface area contributed by atoms with Crippen molar-refractivity contribution < 1.29 is 9.47 Å². The molecule has 5 heteroatoms. The van der Waals surface area contributed by atoms with E-state index in [0.29, 0.717) is 0 Å². The summed E-state index contributed by atoms with van der Waals surface area (Å²) in [5.41, 5.74) is 2.31. The summed E-state index contributed by atoms with van der Waals surface area (Å²) in [7, 11) is 3.27. The smallest absolute Gasteiger partial charge is 0.161 e. The van der Waals surface area contributed by atoms with Crippen molar-refractivity contribution >= 4 is 27.5 Å². The first kappa shape index (κ1) is 16.1. The van der Waals surface area contributed by atoms with Gasteiger partial charge in [0.1, 0.15) is 0 Å². The highest BCUT2D eigenvalue weighted by atomic mass is 79.9. The van der Waals surface area contributed by atoms with Crippen molar-refractivity contribution in [2.45, 2.75) is 13.1 Å². The van der Waals surface area contributed by atoms with E-state index < -0.39 is 0 Å². The van der Waals surface area contributed by atoms with Gasteiger partial charge in [0.15, 0.2) is 11.5 Å². The maximum atomic E-state index is 5.98. The maximum absolute atomic E-state index is 5.98. The van der Waals surface area contributed by atoms with Crippen LogP contribution in [0, 0.1) is 0 Å². The largest absolute Gasteiger partial charge is 0.493 e. The lowest BCUT2D eigenvalue weighted by atomic mass is 10.2. The average molecular weight is 371 g/mol. The lowest BCUT2D eigenvalue weighted by molar-refractivity contribution is 0.354. The molecule has 0 radical (unpaired) electrons. The Hall–Kier alpha value is -1.23. The quantitative estimate of drug-likeness (QED) is 0.817. The SMILES string of the molecule is COc1ccc(CNCc2ccc(Cl)c(Br)c2)cc1OC. The van der Waals surface area contributed by atoms with E-state index in [0.717, 1.165) is 39.6 Å². The zero-order valence-corrected chi connectivity index (χ0v) is 14.3. The highest BCUT2D eigenvalue weighted by Gasteiger charge is 2.04. The molecule has 0 bridgehead atoms. The van der Waals surface area contributed by atoms with Crippen molar-refractivity contribution in [2.75, 3.05) is 14.2 Å². The molecular formula is C16H17BrClNO2. The number of rotatable bonds is 6. The molecule has 0 fully saturated rings. The molecule has 0 aliphatic carbocycles. The predicted molar refractivity (Wildman–Crippen MR) is 89.2 cm³/mol. The Bertz CT molecular complexity index is 619. The van der Waals surface area contributed by atoms with Gasteiger partial charge in [-0.1, -0.05) is 23.7 Å². The fourth-order valence-corrected chi connectivity index (χ4v) is 2.54. The lowest BCUT2D eigenvalue weighted by Crippen LogP contribution is -2.12. The zero-order chi connectivity index (χ0) is 15.2. The zero-order valence-electron chi connectivity index (χ0n) is 12.0. The minimum absolute atomic E-state index is 0.721. The van der Waals surface area contributed by atoms with Crippen LogP contribution in [0.15, 0.2) is 40.9 Å². The lowest BCUT2D eigenvalue weighted by Gasteiger charge is -2.10. The van der Waals surface area contributed by atoms with E-state index in [9.17, 15) is 0 Å². The summed E-state index contributed by atoms with van der Waals surface area (Å²) in [5.74, 6) is 1.48. The van der Waals surface area contributed by atoms with E-state index in [-0.39, 0.29) is 0 Å². The van der Waals surface area contributed by atoms with Crippen molar-refractivity contribution in [3.63, 3.8) is 0 Å². The Morgan fingerprint density at radius 3 is 2.19 bits per heavy atom. The Morgan fingerprint density at radius 2 is 1.57 bits per heavy atom. The maximum Gasteiger partial charge on any atom is 0.161 e. The van der Waals surface area contributed by atoms with Gasteiger partial charge in [0.25, 0.3) is 0 Å². The van der Waals surface area contributed by atoms with E-state index in [2.05, 4.69) is 21.2 Å². The molecule has 2 aromatic carbocycles.